The lowest BCUT2D eigenvalue weighted by Gasteiger charge is -2.20. The fourth-order valence-corrected chi connectivity index (χ4v) is 3.89. The molecule has 2 aromatic rings. The van der Waals surface area contributed by atoms with Crippen molar-refractivity contribution in [3.8, 4) is 0 Å². The van der Waals surface area contributed by atoms with Gasteiger partial charge in [-0.1, -0.05) is 19.1 Å². The molecule has 2 amide bonds. The summed E-state index contributed by atoms with van der Waals surface area (Å²) >= 11 is 0. The molecule has 0 spiro atoms. The summed E-state index contributed by atoms with van der Waals surface area (Å²) in [5.41, 5.74) is 1.52. The van der Waals surface area contributed by atoms with E-state index >= 15 is 0 Å². The zero-order chi connectivity index (χ0) is 23.3. The van der Waals surface area contributed by atoms with Gasteiger partial charge >= 0.3 is 0 Å². The van der Waals surface area contributed by atoms with Crippen molar-refractivity contribution >= 4 is 22.7 Å². The molecular formula is C23H33N5O4. The number of aromatic amines is 1. The predicted octanol–water partition coefficient (Wildman–Crippen LogP) is 1.20. The topological polar surface area (TPSA) is 108 Å². The average Bonchev–Trinajstić information content (AvgIpc) is 3.24. The fraction of sp³-hybridized carbons (Fsp3) is 0.565. The van der Waals surface area contributed by atoms with E-state index in [1.54, 1.807) is 20.2 Å². The van der Waals surface area contributed by atoms with E-state index in [1.807, 2.05) is 26.0 Å². The number of nitrogens with zero attached hydrogens (tertiary/aromatic N) is 3. The van der Waals surface area contributed by atoms with Crippen LogP contribution >= 0.6 is 0 Å². The molecule has 174 valence electrons. The zero-order valence-corrected chi connectivity index (χ0v) is 19.3. The average molecular weight is 444 g/mol. The molecule has 1 saturated heterocycles. The van der Waals surface area contributed by atoms with Crippen molar-refractivity contribution in [1.29, 1.82) is 0 Å². The van der Waals surface area contributed by atoms with Gasteiger partial charge in [-0.3, -0.25) is 19.3 Å². The minimum absolute atomic E-state index is 0.0343. The second-order valence-electron chi connectivity index (χ2n) is 8.46. The second kappa shape index (κ2) is 10.7. The summed E-state index contributed by atoms with van der Waals surface area (Å²) in [5.74, 6) is 0.494. The molecule has 9 heteroatoms. The number of likely N-dealkylation sites (N-methyl/N-ethyl adjacent to an activating group) is 1. The van der Waals surface area contributed by atoms with Crippen molar-refractivity contribution in [2.24, 2.45) is 0 Å². The first-order chi connectivity index (χ1) is 15.3. The number of hydrogen-bond acceptors (Lipinski definition) is 6. The summed E-state index contributed by atoms with van der Waals surface area (Å²) in [4.78, 5) is 47.8. The SMILES string of the molecule is CCN(CCC(=O)NC[C@@H]1CC[C@H](C(=O)N(C)C)O1)Cc1nc2c(C)cccc2c(=O)[nH]1. The number of hydrogen-bond donors (Lipinski definition) is 2. The van der Waals surface area contributed by atoms with E-state index in [2.05, 4.69) is 20.2 Å². The van der Waals surface area contributed by atoms with Crippen molar-refractivity contribution in [3.05, 3.63) is 39.9 Å². The highest BCUT2D eigenvalue weighted by Crippen LogP contribution is 2.20. The van der Waals surface area contributed by atoms with E-state index in [0.29, 0.717) is 49.2 Å². The maximum atomic E-state index is 12.4. The summed E-state index contributed by atoms with van der Waals surface area (Å²) in [7, 11) is 3.43. The van der Waals surface area contributed by atoms with Crippen LogP contribution in [0.15, 0.2) is 23.0 Å². The van der Waals surface area contributed by atoms with Crippen LogP contribution in [-0.4, -0.2) is 77.5 Å². The van der Waals surface area contributed by atoms with Crippen molar-refractivity contribution in [1.82, 2.24) is 25.1 Å². The van der Waals surface area contributed by atoms with Gasteiger partial charge in [-0.25, -0.2) is 4.98 Å². The van der Waals surface area contributed by atoms with Crippen LogP contribution in [0, 0.1) is 6.92 Å². The molecule has 0 saturated carbocycles. The maximum absolute atomic E-state index is 12.4. The van der Waals surface area contributed by atoms with E-state index in [4.69, 9.17) is 4.74 Å². The van der Waals surface area contributed by atoms with Crippen LogP contribution < -0.4 is 10.9 Å². The molecule has 2 heterocycles. The Bertz CT molecular complexity index is 1020. The second-order valence-corrected chi connectivity index (χ2v) is 8.46. The number of amides is 2. The largest absolute Gasteiger partial charge is 0.363 e. The molecule has 9 nitrogen and oxygen atoms in total. The number of para-hydroxylation sites is 1. The van der Waals surface area contributed by atoms with Crippen LogP contribution in [0.3, 0.4) is 0 Å². The monoisotopic (exact) mass is 443 g/mol. The Hall–Kier alpha value is -2.78. The Kier molecular flexibility index (Phi) is 7.98. The number of benzene rings is 1. The minimum atomic E-state index is -0.414. The summed E-state index contributed by atoms with van der Waals surface area (Å²) < 4.78 is 5.76. The Balaban J connectivity index is 1.48. The Morgan fingerprint density at radius 3 is 2.78 bits per heavy atom. The lowest BCUT2D eigenvalue weighted by Crippen LogP contribution is -2.37. The van der Waals surface area contributed by atoms with E-state index < -0.39 is 6.10 Å². The molecule has 3 rings (SSSR count). The number of nitrogens with one attached hydrogen (secondary N) is 2. The first kappa shape index (κ1) is 23.9. The van der Waals surface area contributed by atoms with Crippen LogP contribution in [0.2, 0.25) is 0 Å². The summed E-state index contributed by atoms with van der Waals surface area (Å²) in [5, 5.41) is 3.49. The molecule has 0 radical (unpaired) electrons. The summed E-state index contributed by atoms with van der Waals surface area (Å²) in [6.45, 7) is 6.09. The van der Waals surface area contributed by atoms with Gasteiger partial charge in [0.05, 0.1) is 23.6 Å². The third-order valence-corrected chi connectivity index (χ3v) is 5.81. The van der Waals surface area contributed by atoms with Crippen LogP contribution in [0.25, 0.3) is 10.9 Å². The molecule has 0 unspecified atom stereocenters. The van der Waals surface area contributed by atoms with Crippen LogP contribution in [0.1, 0.15) is 37.6 Å². The molecule has 0 aliphatic carbocycles. The van der Waals surface area contributed by atoms with Crippen LogP contribution in [0.5, 0.6) is 0 Å². The molecule has 0 bridgehead atoms. The third-order valence-electron chi connectivity index (χ3n) is 5.81. The number of ether oxygens (including phenoxy) is 1. The van der Waals surface area contributed by atoms with E-state index in [-0.39, 0.29) is 23.5 Å². The molecule has 1 fully saturated rings. The van der Waals surface area contributed by atoms with Crippen molar-refractivity contribution < 1.29 is 14.3 Å². The normalized spacial score (nSPS) is 18.3. The van der Waals surface area contributed by atoms with Gasteiger partial charge in [-0.2, -0.15) is 0 Å². The summed E-state index contributed by atoms with van der Waals surface area (Å²) in [6.07, 6.45) is 1.22. The van der Waals surface area contributed by atoms with E-state index in [9.17, 15) is 14.4 Å². The number of rotatable bonds is 9. The molecule has 1 aromatic carbocycles. The number of aryl methyl sites for hydroxylation is 1. The molecule has 32 heavy (non-hydrogen) atoms. The number of carbonyl (C=O) groups is 2. The van der Waals surface area contributed by atoms with Crippen LogP contribution in [0.4, 0.5) is 0 Å². The molecular weight excluding hydrogens is 410 g/mol. The van der Waals surface area contributed by atoms with Crippen molar-refractivity contribution in [2.75, 3.05) is 33.7 Å². The van der Waals surface area contributed by atoms with Gasteiger partial charge < -0.3 is 19.9 Å². The van der Waals surface area contributed by atoms with Gasteiger partial charge in [-0.05, 0) is 37.9 Å². The molecule has 1 aromatic heterocycles. The first-order valence-corrected chi connectivity index (χ1v) is 11.1. The summed E-state index contributed by atoms with van der Waals surface area (Å²) in [6, 6.07) is 5.56. The highest BCUT2D eigenvalue weighted by molar-refractivity contribution is 5.81. The van der Waals surface area contributed by atoms with E-state index in [0.717, 1.165) is 18.5 Å². The number of aromatic nitrogens is 2. The first-order valence-electron chi connectivity index (χ1n) is 11.1. The Labute approximate surface area is 188 Å². The number of carbonyl (C=O) groups excluding carboxylic acids is 2. The number of H-pyrrole nitrogens is 1. The van der Waals surface area contributed by atoms with Gasteiger partial charge in [0, 0.05) is 33.6 Å². The smallest absolute Gasteiger partial charge is 0.258 e. The number of fused-ring (bicyclic) bond motifs is 1. The van der Waals surface area contributed by atoms with Gasteiger partial charge in [0.1, 0.15) is 11.9 Å². The fourth-order valence-electron chi connectivity index (χ4n) is 3.89. The molecule has 2 atom stereocenters. The minimum Gasteiger partial charge on any atom is -0.363 e. The predicted molar refractivity (Wildman–Crippen MR) is 122 cm³/mol. The maximum Gasteiger partial charge on any atom is 0.258 e. The third kappa shape index (κ3) is 5.92. The van der Waals surface area contributed by atoms with Gasteiger partial charge in [0.2, 0.25) is 5.91 Å². The molecule has 1 aliphatic heterocycles. The van der Waals surface area contributed by atoms with Gasteiger partial charge in [0.15, 0.2) is 0 Å². The van der Waals surface area contributed by atoms with Gasteiger partial charge in [-0.15, -0.1) is 0 Å². The molecule has 1 aliphatic rings. The van der Waals surface area contributed by atoms with Gasteiger partial charge in [0.25, 0.3) is 11.5 Å². The quantitative estimate of drug-likeness (QED) is 0.603. The highest BCUT2D eigenvalue weighted by Gasteiger charge is 2.31. The standard InChI is InChI=1S/C23H33N5O4/c1-5-28(14-19-25-21-15(2)7-6-8-17(21)22(30)26-19)12-11-20(29)24-13-16-9-10-18(32-16)23(31)27(3)4/h6-8,16,18H,5,9-14H2,1-4H3,(H,24,29)(H,25,26,30)/t16-,18+/m0/s1. The van der Waals surface area contributed by atoms with E-state index in [1.165, 1.54) is 4.90 Å². The van der Waals surface area contributed by atoms with Crippen LogP contribution in [-0.2, 0) is 20.9 Å². The zero-order valence-electron chi connectivity index (χ0n) is 19.3. The molecule has 2 N–H and O–H groups in total. The Morgan fingerprint density at radius 2 is 2.06 bits per heavy atom. The van der Waals surface area contributed by atoms with Crippen molar-refractivity contribution in [3.63, 3.8) is 0 Å². The van der Waals surface area contributed by atoms with Crippen molar-refractivity contribution in [2.45, 2.75) is 51.9 Å². The highest BCUT2D eigenvalue weighted by atomic mass is 16.5. The lowest BCUT2D eigenvalue weighted by atomic mass is 10.1. The Morgan fingerprint density at radius 1 is 1.28 bits per heavy atom. The lowest BCUT2D eigenvalue weighted by molar-refractivity contribution is -0.140.